The standard InChI is InChI=1S/C28H31FN4O3/c29-24-11-5-6-12-25(24)31-27(34)21-36-26-13-7-4-10-23(26)28(35)30-14-15-32-16-18-33(19-17-32)20-22-8-2-1-3-9-22/h1-13H,14-21H2,(H,30,35)(H,31,34). The number of para-hydroxylation sites is 2. The Hall–Kier alpha value is -3.75. The molecule has 1 aliphatic rings. The number of carbonyl (C=O) groups is 2. The van der Waals surface area contributed by atoms with Crippen molar-refractivity contribution in [3.8, 4) is 5.75 Å². The summed E-state index contributed by atoms with van der Waals surface area (Å²) in [6.07, 6.45) is 0. The number of nitrogens with zero attached hydrogens (tertiary/aromatic N) is 2. The Morgan fingerprint density at radius 1 is 0.833 bits per heavy atom. The molecule has 8 heteroatoms. The second kappa shape index (κ2) is 12.8. The van der Waals surface area contributed by atoms with E-state index in [9.17, 15) is 14.0 Å². The number of anilines is 1. The lowest BCUT2D eigenvalue weighted by molar-refractivity contribution is -0.118. The Labute approximate surface area is 210 Å². The van der Waals surface area contributed by atoms with Gasteiger partial charge in [0.05, 0.1) is 11.3 Å². The van der Waals surface area contributed by atoms with Crippen LogP contribution in [0.25, 0.3) is 0 Å². The molecule has 36 heavy (non-hydrogen) atoms. The molecule has 0 atom stereocenters. The lowest BCUT2D eigenvalue weighted by Gasteiger charge is -2.34. The first-order valence-corrected chi connectivity index (χ1v) is 12.1. The van der Waals surface area contributed by atoms with Gasteiger partial charge in [-0.3, -0.25) is 19.4 Å². The Kier molecular flexibility index (Phi) is 9.02. The van der Waals surface area contributed by atoms with E-state index >= 15 is 0 Å². The van der Waals surface area contributed by atoms with E-state index in [1.807, 2.05) is 6.07 Å². The summed E-state index contributed by atoms with van der Waals surface area (Å²) in [5.41, 5.74) is 1.76. The minimum Gasteiger partial charge on any atom is -0.483 e. The van der Waals surface area contributed by atoms with Crippen LogP contribution in [0.5, 0.6) is 5.75 Å². The predicted molar refractivity (Wildman–Crippen MR) is 137 cm³/mol. The van der Waals surface area contributed by atoms with E-state index in [2.05, 4.69) is 44.7 Å². The molecule has 188 valence electrons. The first-order valence-electron chi connectivity index (χ1n) is 12.1. The van der Waals surface area contributed by atoms with Gasteiger partial charge in [-0.25, -0.2) is 4.39 Å². The van der Waals surface area contributed by atoms with Crippen LogP contribution in [0.1, 0.15) is 15.9 Å². The topological polar surface area (TPSA) is 73.9 Å². The van der Waals surface area contributed by atoms with Crippen LogP contribution in [0.4, 0.5) is 10.1 Å². The highest BCUT2D eigenvalue weighted by Gasteiger charge is 2.18. The lowest BCUT2D eigenvalue weighted by atomic mass is 10.2. The number of halogens is 1. The van der Waals surface area contributed by atoms with Crippen molar-refractivity contribution in [1.29, 1.82) is 0 Å². The molecular weight excluding hydrogens is 459 g/mol. The van der Waals surface area contributed by atoms with Gasteiger partial charge in [0.25, 0.3) is 11.8 Å². The van der Waals surface area contributed by atoms with Crippen molar-refractivity contribution in [2.45, 2.75) is 6.54 Å². The molecule has 3 aromatic carbocycles. The summed E-state index contributed by atoms with van der Waals surface area (Å²) in [6.45, 7) is 5.80. The molecule has 0 unspecified atom stereocenters. The summed E-state index contributed by atoms with van der Waals surface area (Å²) in [7, 11) is 0. The first kappa shape index (κ1) is 25.3. The highest BCUT2D eigenvalue weighted by Crippen LogP contribution is 2.18. The predicted octanol–water partition coefficient (Wildman–Crippen LogP) is 3.39. The van der Waals surface area contributed by atoms with Crippen LogP contribution in [0.15, 0.2) is 78.9 Å². The Morgan fingerprint density at radius 3 is 2.28 bits per heavy atom. The molecule has 0 spiro atoms. The average molecular weight is 491 g/mol. The van der Waals surface area contributed by atoms with Crippen LogP contribution in [0.2, 0.25) is 0 Å². The largest absolute Gasteiger partial charge is 0.483 e. The second-order valence-electron chi connectivity index (χ2n) is 8.67. The number of benzene rings is 3. The van der Waals surface area contributed by atoms with Crippen LogP contribution >= 0.6 is 0 Å². The van der Waals surface area contributed by atoms with Gasteiger partial charge in [-0.1, -0.05) is 54.6 Å². The van der Waals surface area contributed by atoms with Crippen LogP contribution in [-0.4, -0.2) is 67.5 Å². The van der Waals surface area contributed by atoms with Crippen molar-refractivity contribution in [2.75, 3.05) is 51.2 Å². The van der Waals surface area contributed by atoms with Crippen LogP contribution in [0, 0.1) is 5.82 Å². The SMILES string of the molecule is O=C(COc1ccccc1C(=O)NCCN1CCN(Cc2ccccc2)CC1)Nc1ccccc1F. The zero-order chi connectivity index (χ0) is 25.2. The zero-order valence-corrected chi connectivity index (χ0v) is 20.2. The number of amides is 2. The van der Waals surface area contributed by atoms with Crippen LogP contribution in [0.3, 0.4) is 0 Å². The highest BCUT2D eigenvalue weighted by molar-refractivity contribution is 5.97. The van der Waals surface area contributed by atoms with Crippen molar-refractivity contribution >= 4 is 17.5 Å². The molecule has 1 saturated heterocycles. The Morgan fingerprint density at radius 2 is 1.50 bits per heavy atom. The van der Waals surface area contributed by atoms with E-state index in [1.165, 1.54) is 17.7 Å². The normalized spacial score (nSPS) is 14.2. The number of hydrogen-bond acceptors (Lipinski definition) is 5. The molecule has 4 rings (SSSR count). The van der Waals surface area contributed by atoms with Gasteiger partial charge in [0.15, 0.2) is 6.61 Å². The zero-order valence-electron chi connectivity index (χ0n) is 20.2. The summed E-state index contributed by atoms with van der Waals surface area (Å²) >= 11 is 0. The molecule has 0 aliphatic carbocycles. The quantitative estimate of drug-likeness (QED) is 0.456. The molecule has 1 heterocycles. The van der Waals surface area contributed by atoms with Crippen molar-refractivity contribution in [2.24, 2.45) is 0 Å². The van der Waals surface area contributed by atoms with Gasteiger partial charge in [-0.15, -0.1) is 0 Å². The molecule has 0 aromatic heterocycles. The number of carbonyl (C=O) groups excluding carboxylic acids is 2. The van der Waals surface area contributed by atoms with Crippen molar-refractivity contribution in [1.82, 2.24) is 15.1 Å². The Balaban J connectivity index is 1.20. The number of ether oxygens (including phenoxy) is 1. The van der Waals surface area contributed by atoms with Gasteiger partial charge < -0.3 is 15.4 Å². The van der Waals surface area contributed by atoms with Gasteiger partial charge in [-0.2, -0.15) is 0 Å². The minimum atomic E-state index is -0.525. The van der Waals surface area contributed by atoms with E-state index in [-0.39, 0.29) is 18.2 Å². The van der Waals surface area contributed by atoms with E-state index in [0.29, 0.717) is 17.9 Å². The van der Waals surface area contributed by atoms with Gasteiger partial charge in [0.1, 0.15) is 11.6 Å². The highest BCUT2D eigenvalue weighted by atomic mass is 19.1. The van der Waals surface area contributed by atoms with Crippen LogP contribution < -0.4 is 15.4 Å². The second-order valence-corrected chi connectivity index (χ2v) is 8.67. The maximum absolute atomic E-state index is 13.7. The number of nitrogens with one attached hydrogen (secondary N) is 2. The molecule has 0 bridgehead atoms. The molecule has 0 saturated carbocycles. The molecule has 7 nitrogen and oxygen atoms in total. The smallest absolute Gasteiger partial charge is 0.262 e. The Bertz CT molecular complexity index is 1150. The molecule has 2 N–H and O–H groups in total. The number of rotatable bonds is 10. The monoisotopic (exact) mass is 490 g/mol. The van der Waals surface area contributed by atoms with Crippen molar-refractivity contribution < 1.29 is 18.7 Å². The molecule has 1 aliphatic heterocycles. The number of hydrogen-bond donors (Lipinski definition) is 2. The van der Waals surface area contributed by atoms with Crippen molar-refractivity contribution in [3.05, 3.63) is 95.8 Å². The summed E-state index contributed by atoms with van der Waals surface area (Å²) in [5, 5.41) is 5.42. The van der Waals surface area contributed by atoms with Gasteiger partial charge in [0, 0.05) is 45.8 Å². The first-order chi connectivity index (χ1) is 17.6. The summed E-state index contributed by atoms with van der Waals surface area (Å²) in [5.74, 6) is -0.999. The van der Waals surface area contributed by atoms with Crippen molar-refractivity contribution in [3.63, 3.8) is 0 Å². The lowest BCUT2D eigenvalue weighted by Crippen LogP contribution is -2.48. The van der Waals surface area contributed by atoms with E-state index in [4.69, 9.17) is 4.74 Å². The van der Waals surface area contributed by atoms with E-state index in [0.717, 1.165) is 39.3 Å². The fourth-order valence-corrected chi connectivity index (χ4v) is 4.11. The molecule has 3 aromatic rings. The third-order valence-corrected chi connectivity index (χ3v) is 6.07. The van der Waals surface area contributed by atoms with E-state index in [1.54, 1.807) is 36.4 Å². The third kappa shape index (κ3) is 7.37. The maximum atomic E-state index is 13.7. The average Bonchev–Trinajstić information content (AvgIpc) is 2.90. The molecular formula is C28H31FN4O3. The molecule has 0 radical (unpaired) electrons. The third-order valence-electron chi connectivity index (χ3n) is 6.07. The molecule has 2 amide bonds. The summed E-state index contributed by atoms with van der Waals surface area (Å²) < 4.78 is 19.3. The van der Waals surface area contributed by atoms with Crippen LogP contribution in [-0.2, 0) is 11.3 Å². The van der Waals surface area contributed by atoms with Gasteiger partial charge in [-0.05, 0) is 29.8 Å². The fraction of sp³-hybridized carbons (Fsp3) is 0.286. The van der Waals surface area contributed by atoms with E-state index < -0.39 is 11.7 Å². The summed E-state index contributed by atoms with van der Waals surface area (Å²) in [4.78, 5) is 29.7. The fourth-order valence-electron chi connectivity index (χ4n) is 4.11. The number of piperazine rings is 1. The van der Waals surface area contributed by atoms with Gasteiger partial charge in [0.2, 0.25) is 0 Å². The maximum Gasteiger partial charge on any atom is 0.262 e. The molecule has 1 fully saturated rings. The van der Waals surface area contributed by atoms with Gasteiger partial charge >= 0.3 is 0 Å². The summed E-state index contributed by atoms with van der Waals surface area (Å²) in [6, 6.07) is 23.1. The minimum absolute atomic E-state index is 0.0815.